The van der Waals surface area contributed by atoms with Crippen LogP contribution in [-0.2, 0) is 0 Å². The molecule has 0 heteroatoms. The van der Waals surface area contributed by atoms with Crippen LogP contribution >= 0.6 is 0 Å². The van der Waals surface area contributed by atoms with E-state index in [4.69, 9.17) is 0 Å². The summed E-state index contributed by atoms with van der Waals surface area (Å²) in [5.74, 6) is 8.33. The van der Waals surface area contributed by atoms with E-state index < -0.39 is 0 Å². The lowest BCUT2D eigenvalue weighted by molar-refractivity contribution is -0.425. The van der Waals surface area contributed by atoms with E-state index in [1.165, 1.54) is 29.6 Å². The van der Waals surface area contributed by atoms with Crippen molar-refractivity contribution in [2.75, 3.05) is 0 Å². The molecule has 0 saturated heterocycles. The summed E-state index contributed by atoms with van der Waals surface area (Å²) in [5, 5.41) is 0. The second-order valence-electron chi connectivity index (χ2n) is 5.50. The number of hydrogen-bond donors (Lipinski definition) is 0. The molecule has 0 aromatic heterocycles. The Bertz CT molecular complexity index is 279. The molecule has 0 aromatic carbocycles. The van der Waals surface area contributed by atoms with E-state index in [2.05, 4.69) is 12.7 Å². The Morgan fingerprint density at radius 3 is 2.36 bits per heavy atom. The van der Waals surface area contributed by atoms with E-state index in [9.17, 15) is 0 Å². The molecule has 6 fully saturated rings. The van der Waals surface area contributed by atoms with Gasteiger partial charge in [0.25, 0.3) is 0 Å². The Balaban J connectivity index is 1.84. The van der Waals surface area contributed by atoms with Crippen molar-refractivity contribution < 1.29 is 0 Å². The topological polar surface area (TPSA) is 0 Å². The van der Waals surface area contributed by atoms with Crippen LogP contribution in [0.2, 0.25) is 0 Å². The minimum atomic E-state index is 0.757. The van der Waals surface area contributed by atoms with Crippen LogP contribution in [0, 0.1) is 46.8 Å². The van der Waals surface area contributed by atoms with Crippen molar-refractivity contribution in [2.24, 2.45) is 46.8 Å². The minimum Gasteiger partial charge on any atom is -0.102 e. The summed E-state index contributed by atoms with van der Waals surface area (Å²) >= 11 is 0. The summed E-state index contributed by atoms with van der Waals surface area (Å²) in [5.41, 5.74) is 0.757. The van der Waals surface area contributed by atoms with Gasteiger partial charge in [0.2, 0.25) is 0 Å². The third-order valence-electron chi connectivity index (χ3n) is 6.20. The van der Waals surface area contributed by atoms with Gasteiger partial charge >= 0.3 is 0 Å². The maximum atomic E-state index is 4.04. The Hall–Kier alpha value is -0.260. The average molecular weight is 144 g/mol. The average Bonchev–Trinajstić information content (AvgIpc) is 2.27. The van der Waals surface area contributed by atoms with Crippen molar-refractivity contribution in [1.82, 2.24) is 0 Å². The Morgan fingerprint density at radius 1 is 1.09 bits per heavy atom. The maximum absolute atomic E-state index is 4.04. The molecule has 0 spiro atoms. The van der Waals surface area contributed by atoms with Gasteiger partial charge in [-0.05, 0) is 53.3 Å². The zero-order valence-corrected chi connectivity index (χ0v) is 6.53. The molecule has 2 bridgehead atoms. The molecule has 0 amide bonds. The lowest BCUT2D eigenvalue weighted by atomic mass is 9.13. The van der Waals surface area contributed by atoms with Crippen molar-refractivity contribution >= 4 is 0 Å². The van der Waals surface area contributed by atoms with Crippen molar-refractivity contribution in [1.29, 1.82) is 0 Å². The molecular formula is C11H12. The predicted octanol–water partition coefficient (Wildman–Crippen LogP) is 1.93. The predicted molar refractivity (Wildman–Crippen MR) is 41.7 cm³/mol. The first kappa shape index (κ1) is 4.69. The van der Waals surface area contributed by atoms with Gasteiger partial charge in [-0.3, -0.25) is 0 Å². The number of allylic oxidation sites excluding steroid dienone is 1. The molecule has 56 valence electrons. The zero-order valence-electron chi connectivity index (χ0n) is 6.53. The molecule has 6 rings (SSSR count). The molecule has 0 nitrogen and oxygen atoms in total. The SMILES string of the molecule is C=CC12C3[C@H]4C5CC([C@H]41)[C@H]2[C@@H]53. The minimum absolute atomic E-state index is 0.757. The first-order chi connectivity index (χ1) is 5.41. The summed E-state index contributed by atoms with van der Waals surface area (Å²) in [6.07, 6.45) is 3.95. The monoisotopic (exact) mass is 144 g/mol. The third-order valence-corrected chi connectivity index (χ3v) is 6.20. The molecule has 11 heavy (non-hydrogen) atoms. The summed E-state index contributed by atoms with van der Waals surface area (Å²) in [6, 6.07) is 0. The normalized spacial score (nSPS) is 89.3. The van der Waals surface area contributed by atoms with Crippen LogP contribution in [0.1, 0.15) is 6.42 Å². The van der Waals surface area contributed by atoms with Crippen LogP contribution in [0.4, 0.5) is 0 Å². The van der Waals surface area contributed by atoms with Gasteiger partial charge in [0, 0.05) is 0 Å². The molecule has 8 atom stereocenters. The van der Waals surface area contributed by atoms with Gasteiger partial charge in [-0.25, -0.2) is 0 Å². The highest BCUT2D eigenvalue weighted by atomic mass is 15.0. The van der Waals surface area contributed by atoms with Crippen LogP contribution in [0.25, 0.3) is 0 Å². The summed E-state index contributed by atoms with van der Waals surface area (Å²) in [7, 11) is 0. The first-order valence-corrected chi connectivity index (χ1v) is 5.05. The maximum Gasteiger partial charge on any atom is -0.00193 e. The van der Waals surface area contributed by atoms with Gasteiger partial charge in [0.05, 0.1) is 0 Å². The van der Waals surface area contributed by atoms with Gasteiger partial charge in [-0.15, -0.1) is 6.58 Å². The highest BCUT2D eigenvalue weighted by molar-refractivity contribution is 5.47. The van der Waals surface area contributed by atoms with Crippen molar-refractivity contribution in [2.45, 2.75) is 6.42 Å². The van der Waals surface area contributed by atoms with Gasteiger partial charge < -0.3 is 0 Å². The van der Waals surface area contributed by atoms with Crippen molar-refractivity contribution in [3.05, 3.63) is 12.7 Å². The van der Waals surface area contributed by atoms with Gasteiger partial charge in [-0.1, -0.05) is 6.08 Å². The van der Waals surface area contributed by atoms with Gasteiger partial charge in [-0.2, -0.15) is 0 Å². The van der Waals surface area contributed by atoms with E-state index in [0.29, 0.717) is 0 Å². The van der Waals surface area contributed by atoms with E-state index in [0.717, 1.165) is 17.3 Å². The second kappa shape index (κ2) is 0.901. The van der Waals surface area contributed by atoms with Gasteiger partial charge in [0.1, 0.15) is 0 Å². The zero-order chi connectivity index (χ0) is 6.96. The van der Waals surface area contributed by atoms with Crippen LogP contribution in [0.15, 0.2) is 12.7 Å². The van der Waals surface area contributed by atoms with E-state index >= 15 is 0 Å². The summed E-state index contributed by atoms with van der Waals surface area (Å²) in [6.45, 7) is 4.04. The molecule has 6 aliphatic rings. The summed E-state index contributed by atoms with van der Waals surface area (Å²) < 4.78 is 0. The standard InChI is InChI=1S/C11H12/c1-2-11-8-5-3-4-6(8)10(11)7(4)9(5)11/h2,4-10H,1,3H2/t4?,5?,6-,7+,8+,9-,10?,11?. The third kappa shape index (κ3) is 0.181. The molecule has 0 N–H and O–H groups in total. The highest BCUT2D eigenvalue weighted by Crippen LogP contribution is 3.00. The van der Waals surface area contributed by atoms with Crippen molar-refractivity contribution in [3.8, 4) is 0 Å². The molecule has 0 aliphatic heterocycles. The molecular weight excluding hydrogens is 132 g/mol. The largest absolute Gasteiger partial charge is 0.102 e. The number of hydrogen-bond acceptors (Lipinski definition) is 0. The van der Waals surface area contributed by atoms with Crippen molar-refractivity contribution in [3.63, 3.8) is 0 Å². The Kier molecular flexibility index (Phi) is 0.384. The summed E-state index contributed by atoms with van der Waals surface area (Å²) in [4.78, 5) is 0. The smallest absolute Gasteiger partial charge is 0.00193 e. The molecule has 4 unspecified atom stereocenters. The highest BCUT2D eigenvalue weighted by Gasteiger charge is 2.96. The molecule has 6 aliphatic carbocycles. The van der Waals surface area contributed by atoms with E-state index in [1.807, 2.05) is 0 Å². The molecule has 6 saturated carbocycles. The van der Waals surface area contributed by atoms with Crippen LogP contribution in [-0.4, -0.2) is 0 Å². The van der Waals surface area contributed by atoms with Crippen LogP contribution in [0.5, 0.6) is 0 Å². The fraction of sp³-hybridized carbons (Fsp3) is 0.818. The fourth-order valence-electron chi connectivity index (χ4n) is 6.39. The fourth-order valence-corrected chi connectivity index (χ4v) is 6.39. The quantitative estimate of drug-likeness (QED) is 0.493. The Labute approximate surface area is 66.7 Å². The van der Waals surface area contributed by atoms with E-state index in [-0.39, 0.29) is 0 Å². The number of rotatable bonds is 1. The van der Waals surface area contributed by atoms with Gasteiger partial charge in [0.15, 0.2) is 0 Å². The van der Waals surface area contributed by atoms with E-state index in [1.54, 1.807) is 6.42 Å². The Morgan fingerprint density at radius 2 is 1.82 bits per heavy atom. The lowest BCUT2D eigenvalue weighted by Crippen LogP contribution is -2.88. The van der Waals surface area contributed by atoms with Crippen LogP contribution in [0.3, 0.4) is 0 Å². The second-order valence-corrected chi connectivity index (χ2v) is 5.50. The molecule has 0 radical (unpaired) electrons. The van der Waals surface area contributed by atoms with Crippen LogP contribution < -0.4 is 0 Å². The molecule has 0 heterocycles. The molecule has 0 aromatic rings. The first-order valence-electron chi connectivity index (χ1n) is 5.05. The lowest BCUT2D eigenvalue weighted by Gasteiger charge is -2.90.